The van der Waals surface area contributed by atoms with E-state index in [2.05, 4.69) is 10.5 Å². The monoisotopic (exact) mass is 280 g/mol. The molecule has 1 aromatic carbocycles. The topological polar surface area (TPSA) is 77.0 Å². The number of hydrogen-bond donors (Lipinski definition) is 1. The summed E-state index contributed by atoms with van der Waals surface area (Å²) < 4.78 is 23.3. The molecule has 0 unspecified atom stereocenters. The maximum atomic E-state index is 13.2. The highest BCUT2D eigenvalue weighted by molar-refractivity contribution is 6.37. The number of hydrogen-bond acceptors (Lipinski definition) is 5. The number of nitrogens with zero attached hydrogens (tertiary/aromatic N) is 1. The third-order valence-corrected chi connectivity index (χ3v) is 2.55. The smallest absolute Gasteiger partial charge is 0.354 e. The lowest BCUT2D eigenvalue weighted by Gasteiger charge is -2.11. The molecule has 0 spiro atoms. The second kappa shape index (κ2) is 6.65. The zero-order valence-corrected chi connectivity index (χ0v) is 10.6. The fourth-order valence-corrected chi connectivity index (χ4v) is 1.55. The SMILES string of the molecule is O=C1CCC(C(=O)OCCOc2ccccc2F)=NN1. The van der Waals surface area contributed by atoms with Gasteiger partial charge in [-0.25, -0.2) is 14.6 Å². The minimum atomic E-state index is -0.609. The van der Waals surface area contributed by atoms with Crippen LogP contribution in [0.3, 0.4) is 0 Å². The van der Waals surface area contributed by atoms with Crippen molar-refractivity contribution in [3.05, 3.63) is 30.1 Å². The first-order chi connectivity index (χ1) is 9.66. The zero-order valence-electron chi connectivity index (χ0n) is 10.6. The third kappa shape index (κ3) is 3.78. The van der Waals surface area contributed by atoms with E-state index in [1.54, 1.807) is 12.1 Å². The molecule has 20 heavy (non-hydrogen) atoms. The Kier molecular flexibility index (Phi) is 4.65. The van der Waals surface area contributed by atoms with Crippen molar-refractivity contribution < 1.29 is 23.5 Å². The van der Waals surface area contributed by atoms with Gasteiger partial charge in [0, 0.05) is 12.8 Å². The van der Waals surface area contributed by atoms with Gasteiger partial charge < -0.3 is 9.47 Å². The molecule has 7 heteroatoms. The summed E-state index contributed by atoms with van der Waals surface area (Å²) in [6, 6.07) is 5.96. The minimum absolute atomic E-state index is 0.0276. The number of carbonyl (C=O) groups excluding carboxylic acids is 2. The van der Waals surface area contributed by atoms with Gasteiger partial charge in [-0.05, 0) is 12.1 Å². The molecule has 2 rings (SSSR count). The Bertz CT molecular complexity index is 545. The molecule has 0 radical (unpaired) electrons. The molecule has 106 valence electrons. The van der Waals surface area contributed by atoms with Crippen molar-refractivity contribution in [3.63, 3.8) is 0 Å². The molecule has 1 aliphatic rings. The summed E-state index contributed by atoms with van der Waals surface area (Å²) in [6.45, 7) is 0.00640. The molecule has 6 nitrogen and oxygen atoms in total. The number of ether oxygens (including phenoxy) is 2. The Balaban J connectivity index is 1.72. The van der Waals surface area contributed by atoms with Crippen molar-refractivity contribution in [2.24, 2.45) is 5.10 Å². The molecule has 1 N–H and O–H groups in total. The van der Waals surface area contributed by atoms with Crippen LogP contribution in [0, 0.1) is 5.82 Å². The highest BCUT2D eigenvalue weighted by Crippen LogP contribution is 2.14. The van der Waals surface area contributed by atoms with E-state index in [0.29, 0.717) is 0 Å². The summed E-state index contributed by atoms with van der Waals surface area (Å²) in [5.74, 6) is -1.21. The molecule has 0 atom stereocenters. The standard InChI is InChI=1S/C13H13FN2O4/c14-9-3-1-2-4-11(9)19-7-8-20-13(18)10-5-6-12(17)16-15-10/h1-4H,5-8H2,(H,16,17). The number of rotatable bonds is 5. The Morgan fingerprint density at radius 3 is 2.80 bits per heavy atom. The number of nitrogens with one attached hydrogen (secondary N) is 1. The van der Waals surface area contributed by atoms with E-state index in [9.17, 15) is 14.0 Å². The van der Waals surface area contributed by atoms with Gasteiger partial charge in [0.25, 0.3) is 0 Å². The number of esters is 1. The van der Waals surface area contributed by atoms with E-state index in [1.165, 1.54) is 12.1 Å². The molecular weight excluding hydrogens is 267 g/mol. The average molecular weight is 280 g/mol. The summed E-state index contributed by atoms with van der Waals surface area (Å²) >= 11 is 0. The third-order valence-electron chi connectivity index (χ3n) is 2.55. The molecular formula is C13H13FN2O4. The van der Waals surface area contributed by atoms with Crippen LogP contribution in [-0.2, 0) is 14.3 Å². The van der Waals surface area contributed by atoms with Crippen LogP contribution in [0.1, 0.15) is 12.8 Å². The molecule has 1 heterocycles. The Morgan fingerprint density at radius 1 is 1.30 bits per heavy atom. The highest BCUT2D eigenvalue weighted by Gasteiger charge is 2.19. The van der Waals surface area contributed by atoms with Gasteiger partial charge in [0.1, 0.15) is 18.9 Å². The summed E-state index contributed by atoms with van der Waals surface area (Å²) in [7, 11) is 0. The molecule has 0 bridgehead atoms. The van der Waals surface area contributed by atoms with Crippen LogP contribution in [-0.4, -0.2) is 30.8 Å². The Labute approximate surface area is 114 Å². The fourth-order valence-electron chi connectivity index (χ4n) is 1.55. The number of benzene rings is 1. The van der Waals surface area contributed by atoms with Crippen LogP contribution in [0.5, 0.6) is 5.75 Å². The van der Waals surface area contributed by atoms with Gasteiger partial charge in [0.2, 0.25) is 5.91 Å². The lowest BCUT2D eigenvalue weighted by molar-refractivity contribution is -0.136. The van der Waals surface area contributed by atoms with Gasteiger partial charge in [-0.2, -0.15) is 5.10 Å². The fraction of sp³-hybridized carbons (Fsp3) is 0.308. The van der Waals surface area contributed by atoms with Gasteiger partial charge in [0.15, 0.2) is 11.6 Å². The van der Waals surface area contributed by atoms with E-state index >= 15 is 0 Å². The van der Waals surface area contributed by atoms with Crippen LogP contribution >= 0.6 is 0 Å². The molecule has 0 fully saturated rings. The van der Waals surface area contributed by atoms with Crippen LogP contribution in [0.2, 0.25) is 0 Å². The number of halogens is 1. The predicted molar refractivity (Wildman–Crippen MR) is 67.7 cm³/mol. The zero-order chi connectivity index (χ0) is 14.4. The van der Waals surface area contributed by atoms with Crippen molar-refractivity contribution >= 4 is 17.6 Å². The summed E-state index contributed by atoms with van der Waals surface area (Å²) in [6.07, 6.45) is 0.457. The van der Waals surface area contributed by atoms with Crippen molar-refractivity contribution in [1.82, 2.24) is 5.43 Å². The quantitative estimate of drug-likeness (QED) is 0.645. The molecule has 0 aliphatic carbocycles. The Morgan fingerprint density at radius 2 is 2.10 bits per heavy atom. The molecule has 0 saturated carbocycles. The summed E-state index contributed by atoms with van der Waals surface area (Å²) in [5.41, 5.74) is 2.37. The second-order valence-corrected chi connectivity index (χ2v) is 4.01. The molecule has 0 aromatic heterocycles. The van der Waals surface area contributed by atoms with Gasteiger partial charge >= 0.3 is 5.97 Å². The predicted octanol–water partition coefficient (Wildman–Crippen LogP) is 1.01. The summed E-state index contributed by atoms with van der Waals surface area (Å²) in [5, 5.41) is 3.60. The van der Waals surface area contributed by atoms with Crippen LogP contribution in [0.4, 0.5) is 4.39 Å². The van der Waals surface area contributed by atoms with E-state index < -0.39 is 11.8 Å². The largest absolute Gasteiger partial charge is 0.487 e. The van der Waals surface area contributed by atoms with Crippen molar-refractivity contribution in [2.75, 3.05) is 13.2 Å². The summed E-state index contributed by atoms with van der Waals surface area (Å²) in [4.78, 5) is 22.4. The molecule has 1 aliphatic heterocycles. The van der Waals surface area contributed by atoms with Gasteiger partial charge in [-0.1, -0.05) is 12.1 Å². The van der Waals surface area contributed by atoms with Crippen LogP contribution in [0.25, 0.3) is 0 Å². The first-order valence-electron chi connectivity index (χ1n) is 6.06. The maximum Gasteiger partial charge on any atom is 0.354 e. The first kappa shape index (κ1) is 14.0. The average Bonchev–Trinajstić information content (AvgIpc) is 2.46. The lowest BCUT2D eigenvalue weighted by atomic mass is 10.2. The molecule has 0 saturated heterocycles. The second-order valence-electron chi connectivity index (χ2n) is 4.01. The van der Waals surface area contributed by atoms with Gasteiger partial charge in [-0.15, -0.1) is 0 Å². The minimum Gasteiger partial charge on any atom is -0.487 e. The van der Waals surface area contributed by atoms with Crippen molar-refractivity contribution in [2.45, 2.75) is 12.8 Å². The molecule has 1 amide bonds. The van der Waals surface area contributed by atoms with Crippen LogP contribution < -0.4 is 10.2 Å². The van der Waals surface area contributed by atoms with Crippen molar-refractivity contribution in [3.8, 4) is 5.75 Å². The van der Waals surface area contributed by atoms with Crippen LogP contribution in [0.15, 0.2) is 29.4 Å². The van der Waals surface area contributed by atoms with Crippen molar-refractivity contribution in [1.29, 1.82) is 0 Å². The highest BCUT2D eigenvalue weighted by atomic mass is 19.1. The maximum absolute atomic E-state index is 13.2. The van der Waals surface area contributed by atoms with Gasteiger partial charge in [0.05, 0.1) is 0 Å². The number of amides is 1. The first-order valence-corrected chi connectivity index (χ1v) is 6.06. The van der Waals surface area contributed by atoms with E-state index in [1.807, 2.05) is 0 Å². The van der Waals surface area contributed by atoms with Gasteiger partial charge in [-0.3, -0.25) is 4.79 Å². The van der Waals surface area contributed by atoms with E-state index in [-0.39, 0.29) is 43.4 Å². The lowest BCUT2D eigenvalue weighted by Crippen LogP contribution is -2.31. The van der Waals surface area contributed by atoms with E-state index in [4.69, 9.17) is 9.47 Å². The van der Waals surface area contributed by atoms with E-state index in [0.717, 1.165) is 0 Å². The normalized spacial score (nSPS) is 14.2. The Hall–Kier alpha value is -2.44. The number of hydrazone groups is 1. The number of para-hydroxylation sites is 1. The molecule has 1 aromatic rings. The number of carbonyl (C=O) groups is 2.